The number of benzene rings is 1. The number of piperidine rings is 1. The summed E-state index contributed by atoms with van der Waals surface area (Å²) in [4.78, 5) is 13.3. The summed E-state index contributed by atoms with van der Waals surface area (Å²) < 4.78 is 0. The fraction of sp³-hybridized carbons (Fsp3) is 0.500. The predicted octanol–water partition coefficient (Wildman–Crippen LogP) is 2.28. The molecule has 1 heterocycles. The summed E-state index contributed by atoms with van der Waals surface area (Å²) in [5, 5.41) is 0. The van der Waals surface area contributed by atoms with Crippen LogP contribution in [0.25, 0.3) is 0 Å². The number of nitrogens with zero attached hydrogens (tertiary/aromatic N) is 1. The minimum atomic E-state index is 0.164. The Labute approximate surface area is 97.3 Å². The molecule has 0 amide bonds. The van der Waals surface area contributed by atoms with Gasteiger partial charge in [-0.25, -0.2) is 0 Å². The Kier molecular flexibility index (Phi) is 4.11. The minimum Gasteiger partial charge on any atom is -0.302 e. The first kappa shape index (κ1) is 11.3. The van der Waals surface area contributed by atoms with E-state index in [1.807, 2.05) is 6.07 Å². The van der Waals surface area contributed by atoms with E-state index < -0.39 is 0 Å². The van der Waals surface area contributed by atoms with Crippen molar-refractivity contribution in [1.82, 2.24) is 4.90 Å². The van der Waals surface area contributed by atoms with Crippen molar-refractivity contribution in [3.8, 4) is 0 Å². The van der Waals surface area contributed by atoms with E-state index in [2.05, 4.69) is 29.2 Å². The predicted molar refractivity (Wildman–Crippen MR) is 65.4 cm³/mol. The molecule has 0 bridgehead atoms. The van der Waals surface area contributed by atoms with Crippen molar-refractivity contribution in [3.05, 3.63) is 35.9 Å². The van der Waals surface area contributed by atoms with Crippen molar-refractivity contribution in [3.63, 3.8) is 0 Å². The Morgan fingerprint density at radius 1 is 1.25 bits per heavy atom. The van der Waals surface area contributed by atoms with E-state index in [1.54, 1.807) is 0 Å². The molecule has 1 aliphatic rings. The van der Waals surface area contributed by atoms with Crippen molar-refractivity contribution >= 4 is 6.29 Å². The lowest BCUT2D eigenvalue weighted by molar-refractivity contribution is -0.113. The molecule has 0 saturated carbocycles. The minimum absolute atomic E-state index is 0.164. The van der Waals surface area contributed by atoms with E-state index in [-0.39, 0.29) is 6.04 Å². The highest BCUT2D eigenvalue weighted by atomic mass is 16.1. The van der Waals surface area contributed by atoms with Crippen LogP contribution in [0.4, 0.5) is 0 Å². The van der Waals surface area contributed by atoms with Gasteiger partial charge in [0.25, 0.3) is 0 Å². The van der Waals surface area contributed by atoms with Crippen LogP contribution in [-0.2, 0) is 11.2 Å². The van der Waals surface area contributed by atoms with Crippen molar-refractivity contribution in [2.24, 2.45) is 0 Å². The Hall–Kier alpha value is -1.15. The highest BCUT2D eigenvalue weighted by Crippen LogP contribution is 2.15. The van der Waals surface area contributed by atoms with Crippen molar-refractivity contribution in [2.75, 3.05) is 13.1 Å². The summed E-state index contributed by atoms with van der Waals surface area (Å²) >= 11 is 0. The maximum absolute atomic E-state index is 10.9. The van der Waals surface area contributed by atoms with E-state index >= 15 is 0 Å². The molecule has 1 fully saturated rings. The van der Waals surface area contributed by atoms with Gasteiger partial charge in [-0.05, 0) is 31.4 Å². The standard InChI is InChI=1S/C14H19NO/c16-12-14-8-4-5-10-15(14)11-9-13-6-2-1-3-7-13/h1-3,6-7,12,14H,4-5,8-11H2. The summed E-state index contributed by atoms with van der Waals surface area (Å²) in [6, 6.07) is 10.7. The first-order valence-electron chi connectivity index (χ1n) is 6.13. The average molecular weight is 217 g/mol. The van der Waals surface area contributed by atoms with Crippen LogP contribution in [-0.4, -0.2) is 30.3 Å². The van der Waals surface area contributed by atoms with Crippen LogP contribution in [0, 0.1) is 0 Å². The molecule has 2 rings (SSSR count). The van der Waals surface area contributed by atoms with Crippen LogP contribution in [0.2, 0.25) is 0 Å². The molecule has 16 heavy (non-hydrogen) atoms. The average Bonchev–Trinajstić information content (AvgIpc) is 2.38. The lowest BCUT2D eigenvalue weighted by Gasteiger charge is -2.32. The SMILES string of the molecule is O=CC1CCCCN1CCc1ccccc1. The molecular weight excluding hydrogens is 198 g/mol. The maximum Gasteiger partial charge on any atom is 0.137 e. The Morgan fingerprint density at radius 3 is 2.81 bits per heavy atom. The van der Waals surface area contributed by atoms with Gasteiger partial charge in [0.05, 0.1) is 6.04 Å². The summed E-state index contributed by atoms with van der Waals surface area (Å²) in [5.41, 5.74) is 1.36. The second-order valence-corrected chi connectivity index (χ2v) is 4.47. The molecule has 1 aliphatic heterocycles. The number of carbonyl (C=O) groups excluding carboxylic acids is 1. The fourth-order valence-electron chi connectivity index (χ4n) is 2.37. The number of rotatable bonds is 4. The zero-order valence-corrected chi connectivity index (χ0v) is 9.64. The molecule has 1 saturated heterocycles. The molecule has 0 aliphatic carbocycles. The molecule has 1 aromatic rings. The topological polar surface area (TPSA) is 20.3 Å². The fourth-order valence-corrected chi connectivity index (χ4v) is 2.37. The highest BCUT2D eigenvalue weighted by molar-refractivity contribution is 5.57. The molecule has 86 valence electrons. The zero-order valence-electron chi connectivity index (χ0n) is 9.64. The van der Waals surface area contributed by atoms with Gasteiger partial charge in [-0.2, -0.15) is 0 Å². The number of hydrogen-bond acceptors (Lipinski definition) is 2. The van der Waals surface area contributed by atoms with Crippen LogP contribution in [0.5, 0.6) is 0 Å². The molecule has 0 aromatic heterocycles. The van der Waals surface area contributed by atoms with Gasteiger partial charge in [-0.3, -0.25) is 4.90 Å². The summed E-state index contributed by atoms with van der Waals surface area (Å²) in [6.07, 6.45) is 5.64. The van der Waals surface area contributed by atoms with Gasteiger partial charge >= 0.3 is 0 Å². The molecule has 2 nitrogen and oxygen atoms in total. The van der Waals surface area contributed by atoms with Crippen LogP contribution in [0.15, 0.2) is 30.3 Å². The number of likely N-dealkylation sites (tertiary alicyclic amines) is 1. The van der Waals surface area contributed by atoms with E-state index in [4.69, 9.17) is 0 Å². The third-order valence-corrected chi connectivity index (χ3v) is 3.35. The Morgan fingerprint density at radius 2 is 2.06 bits per heavy atom. The van der Waals surface area contributed by atoms with Crippen molar-refractivity contribution in [2.45, 2.75) is 31.7 Å². The van der Waals surface area contributed by atoms with Crippen LogP contribution in [0.1, 0.15) is 24.8 Å². The number of aldehydes is 1. The monoisotopic (exact) mass is 217 g/mol. The first-order chi connectivity index (χ1) is 7.90. The molecule has 1 unspecified atom stereocenters. The van der Waals surface area contributed by atoms with Crippen molar-refractivity contribution in [1.29, 1.82) is 0 Å². The van der Waals surface area contributed by atoms with Gasteiger partial charge in [0, 0.05) is 6.54 Å². The van der Waals surface area contributed by atoms with Crippen LogP contribution >= 0.6 is 0 Å². The van der Waals surface area contributed by atoms with Gasteiger partial charge in [0.2, 0.25) is 0 Å². The van der Waals surface area contributed by atoms with E-state index in [1.165, 1.54) is 18.4 Å². The smallest absolute Gasteiger partial charge is 0.137 e. The lowest BCUT2D eigenvalue weighted by atomic mass is 10.0. The van der Waals surface area contributed by atoms with Gasteiger partial charge in [-0.15, -0.1) is 0 Å². The van der Waals surface area contributed by atoms with E-state index in [0.717, 1.165) is 32.2 Å². The van der Waals surface area contributed by atoms with Crippen molar-refractivity contribution < 1.29 is 4.79 Å². The molecule has 0 spiro atoms. The Bertz CT molecular complexity index is 323. The zero-order chi connectivity index (χ0) is 11.2. The molecule has 0 radical (unpaired) electrons. The quantitative estimate of drug-likeness (QED) is 0.721. The van der Waals surface area contributed by atoms with Gasteiger partial charge in [0.15, 0.2) is 0 Å². The van der Waals surface area contributed by atoms with Gasteiger partial charge in [-0.1, -0.05) is 36.8 Å². The molecular formula is C14H19NO. The van der Waals surface area contributed by atoms with E-state index in [0.29, 0.717) is 0 Å². The first-order valence-corrected chi connectivity index (χ1v) is 6.13. The molecule has 0 N–H and O–H groups in total. The van der Waals surface area contributed by atoms with Gasteiger partial charge in [0.1, 0.15) is 6.29 Å². The molecule has 2 heteroatoms. The number of carbonyl (C=O) groups is 1. The third kappa shape index (κ3) is 2.92. The van der Waals surface area contributed by atoms with Crippen LogP contribution < -0.4 is 0 Å². The summed E-state index contributed by atoms with van der Waals surface area (Å²) in [5.74, 6) is 0. The lowest BCUT2D eigenvalue weighted by Crippen LogP contribution is -2.41. The number of hydrogen-bond donors (Lipinski definition) is 0. The Balaban J connectivity index is 1.86. The second-order valence-electron chi connectivity index (χ2n) is 4.47. The van der Waals surface area contributed by atoms with E-state index in [9.17, 15) is 4.79 Å². The maximum atomic E-state index is 10.9. The third-order valence-electron chi connectivity index (χ3n) is 3.35. The normalized spacial score (nSPS) is 21.9. The summed E-state index contributed by atoms with van der Waals surface area (Å²) in [7, 11) is 0. The molecule has 1 aromatic carbocycles. The second kappa shape index (κ2) is 5.80. The summed E-state index contributed by atoms with van der Waals surface area (Å²) in [6.45, 7) is 2.09. The highest BCUT2D eigenvalue weighted by Gasteiger charge is 2.20. The molecule has 1 atom stereocenters. The van der Waals surface area contributed by atoms with Gasteiger partial charge < -0.3 is 4.79 Å². The largest absolute Gasteiger partial charge is 0.302 e. The van der Waals surface area contributed by atoms with Crippen LogP contribution in [0.3, 0.4) is 0 Å².